The Morgan fingerprint density at radius 1 is 0.935 bits per heavy atom. The number of rotatable bonds is 5. The van der Waals surface area contributed by atoms with Gasteiger partial charge in [-0.3, -0.25) is 9.59 Å². The number of halogens is 1. The number of allylic oxidation sites excluding steroid dienone is 2. The highest BCUT2D eigenvalue weighted by Gasteiger charge is 2.39. The predicted octanol–water partition coefficient (Wildman–Crippen LogP) is 4.37. The molecule has 0 unspecified atom stereocenters. The number of carbonyl (C=O) groups excluding carboxylic acids is 2. The molecule has 1 amide bonds. The fraction of sp³-hybridized carbons (Fsp3) is 0.333. The molecule has 162 valence electrons. The maximum absolute atomic E-state index is 13.3. The SMILES string of the molecule is COc1cc([C@H]2CC(=O)C3=C(C2)NC(=O)C[C@@H]3c2ccccc2Cl)cc(OC)c1OC. The molecule has 1 N–H and O–H groups in total. The van der Waals surface area contributed by atoms with Gasteiger partial charge in [-0.15, -0.1) is 0 Å². The van der Waals surface area contributed by atoms with Crippen molar-refractivity contribution in [3.05, 3.63) is 63.8 Å². The lowest BCUT2D eigenvalue weighted by atomic mass is 9.73. The Labute approximate surface area is 186 Å². The van der Waals surface area contributed by atoms with E-state index in [4.69, 9.17) is 25.8 Å². The third kappa shape index (κ3) is 3.88. The van der Waals surface area contributed by atoms with Crippen molar-refractivity contribution in [3.8, 4) is 17.2 Å². The van der Waals surface area contributed by atoms with Crippen LogP contribution >= 0.6 is 11.6 Å². The van der Waals surface area contributed by atoms with Gasteiger partial charge in [0.2, 0.25) is 11.7 Å². The van der Waals surface area contributed by atoms with Gasteiger partial charge in [0.1, 0.15) is 0 Å². The zero-order valence-corrected chi connectivity index (χ0v) is 18.4. The number of Topliss-reactive ketones (excluding diaryl/α,β-unsaturated/α-hetero) is 1. The summed E-state index contributed by atoms with van der Waals surface area (Å²) in [5.74, 6) is 1.03. The van der Waals surface area contributed by atoms with Crippen LogP contribution in [0.5, 0.6) is 17.2 Å². The molecule has 0 bridgehead atoms. The van der Waals surface area contributed by atoms with Gasteiger partial charge in [-0.25, -0.2) is 0 Å². The zero-order valence-electron chi connectivity index (χ0n) is 17.7. The monoisotopic (exact) mass is 441 g/mol. The molecule has 0 aromatic heterocycles. The van der Waals surface area contributed by atoms with Crippen LogP contribution in [-0.4, -0.2) is 33.0 Å². The number of nitrogens with one attached hydrogen (secondary N) is 1. The van der Waals surface area contributed by atoms with E-state index in [9.17, 15) is 9.59 Å². The molecular formula is C24H24ClNO5. The maximum atomic E-state index is 13.3. The Hall–Kier alpha value is -2.99. The summed E-state index contributed by atoms with van der Waals surface area (Å²) in [5.41, 5.74) is 3.04. The van der Waals surface area contributed by atoms with E-state index in [1.807, 2.05) is 30.3 Å². The molecule has 2 aromatic carbocycles. The molecule has 2 aliphatic rings. The molecular weight excluding hydrogens is 418 g/mol. The first-order valence-corrected chi connectivity index (χ1v) is 10.4. The highest BCUT2D eigenvalue weighted by Crippen LogP contribution is 2.46. The van der Waals surface area contributed by atoms with Crippen LogP contribution in [0.2, 0.25) is 5.02 Å². The van der Waals surface area contributed by atoms with Gasteiger partial charge in [0.05, 0.1) is 21.3 Å². The van der Waals surface area contributed by atoms with E-state index in [0.717, 1.165) is 11.1 Å². The third-order valence-electron chi connectivity index (χ3n) is 5.98. The van der Waals surface area contributed by atoms with Crippen LogP contribution in [0.3, 0.4) is 0 Å². The van der Waals surface area contributed by atoms with Crippen molar-refractivity contribution in [1.82, 2.24) is 5.32 Å². The smallest absolute Gasteiger partial charge is 0.225 e. The van der Waals surface area contributed by atoms with Crippen LogP contribution in [0.4, 0.5) is 0 Å². The second-order valence-electron chi connectivity index (χ2n) is 7.71. The largest absolute Gasteiger partial charge is 0.493 e. The summed E-state index contributed by atoms with van der Waals surface area (Å²) in [6, 6.07) is 11.1. The van der Waals surface area contributed by atoms with E-state index in [1.54, 1.807) is 27.4 Å². The normalized spacial score (nSPS) is 20.8. The first-order chi connectivity index (χ1) is 15.0. The van der Waals surface area contributed by atoms with E-state index >= 15 is 0 Å². The van der Waals surface area contributed by atoms with E-state index < -0.39 is 0 Å². The van der Waals surface area contributed by atoms with Crippen LogP contribution in [-0.2, 0) is 9.59 Å². The van der Waals surface area contributed by atoms with Crippen molar-refractivity contribution in [2.75, 3.05) is 21.3 Å². The highest BCUT2D eigenvalue weighted by molar-refractivity contribution is 6.31. The van der Waals surface area contributed by atoms with Gasteiger partial charge in [-0.2, -0.15) is 0 Å². The van der Waals surface area contributed by atoms with Crippen molar-refractivity contribution < 1.29 is 23.8 Å². The van der Waals surface area contributed by atoms with Crippen molar-refractivity contribution in [2.45, 2.75) is 31.1 Å². The molecule has 7 heteroatoms. The predicted molar refractivity (Wildman–Crippen MR) is 117 cm³/mol. The third-order valence-corrected chi connectivity index (χ3v) is 6.32. The second kappa shape index (κ2) is 8.63. The number of hydrogen-bond donors (Lipinski definition) is 1. The minimum Gasteiger partial charge on any atom is -0.493 e. The molecule has 0 fully saturated rings. The van der Waals surface area contributed by atoms with Gasteiger partial charge in [-0.05, 0) is 41.7 Å². The lowest BCUT2D eigenvalue weighted by Crippen LogP contribution is -2.38. The number of methoxy groups -OCH3 is 3. The Morgan fingerprint density at radius 3 is 2.23 bits per heavy atom. The van der Waals surface area contributed by atoms with E-state index in [0.29, 0.717) is 46.4 Å². The average Bonchev–Trinajstić information content (AvgIpc) is 2.77. The van der Waals surface area contributed by atoms with Crippen molar-refractivity contribution in [1.29, 1.82) is 0 Å². The van der Waals surface area contributed by atoms with E-state index in [2.05, 4.69) is 5.32 Å². The summed E-state index contributed by atoms with van der Waals surface area (Å²) in [6.45, 7) is 0. The Kier molecular flexibility index (Phi) is 5.92. The van der Waals surface area contributed by atoms with Crippen LogP contribution in [0.1, 0.15) is 42.2 Å². The summed E-state index contributed by atoms with van der Waals surface area (Å²) in [6.07, 6.45) is 1.07. The number of amides is 1. The summed E-state index contributed by atoms with van der Waals surface area (Å²) in [4.78, 5) is 25.8. The molecule has 0 radical (unpaired) electrons. The first kappa shape index (κ1) is 21.2. The maximum Gasteiger partial charge on any atom is 0.225 e. The number of carbonyl (C=O) groups is 2. The minimum absolute atomic E-state index is 0.0184. The van der Waals surface area contributed by atoms with Crippen molar-refractivity contribution >= 4 is 23.3 Å². The molecule has 0 saturated carbocycles. The fourth-order valence-corrected chi connectivity index (χ4v) is 4.82. The van der Waals surface area contributed by atoms with Crippen LogP contribution < -0.4 is 19.5 Å². The Morgan fingerprint density at radius 2 is 1.61 bits per heavy atom. The standard InChI is InChI=1S/C24H24ClNO5/c1-29-20-10-14(11-21(30-2)24(20)31-3)13-8-18-23(19(27)9-13)16(12-22(28)26-18)15-6-4-5-7-17(15)25/h4-7,10-11,13,16H,8-9,12H2,1-3H3,(H,26,28)/t13-,16-/m1/s1. The Balaban J connectivity index is 1.74. The lowest BCUT2D eigenvalue weighted by molar-refractivity contribution is -0.122. The molecule has 1 aliphatic carbocycles. The number of benzene rings is 2. The molecule has 4 rings (SSSR count). The minimum atomic E-state index is -0.328. The quantitative estimate of drug-likeness (QED) is 0.745. The average molecular weight is 442 g/mol. The van der Waals surface area contributed by atoms with Crippen molar-refractivity contribution in [2.24, 2.45) is 0 Å². The van der Waals surface area contributed by atoms with Gasteiger partial charge >= 0.3 is 0 Å². The topological polar surface area (TPSA) is 73.9 Å². The highest BCUT2D eigenvalue weighted by atomic mass is 35.5. The molecule has 0 saturated heterocycles. The van der Waals surface area contributed by atoms with E-state index in [1.165, 1.54) is 0 Å². The summed E-state index contributed by atoms with van der Waals surface area (Å²) >= 11 is 6.40. The molecule has 1 aliphatic heterocycles. The zero-order chi connectivity index (χ0) is 22.1. The number of hydrogen-bond acceptors (Lipinski definition) is 5. The number of ether oxygens (including phenoxy) is 3. The van der Waals surface area contributed by atoms with Crippen LogP contribution in [0.15, 0.2) is 47.7 Å². The summed E-state index contributed by atoms with van der Waals surface area (Å²) < 4.78 is 16.3. The first-order valence-electron chi connectivity index (χ1n) is 10.1. The van der Waals surface area contributed by atoms with Gasteiger partial charge in [0.15, 0.2) is 17.3 Å². The molecule has 6 nitrogen and oxygen atoms in total. The molecule has 2 aromatic rings. The lowest BCUT2D eigenvalue weighted by Gasteiger charge is -2.35. The van der Waals surface area contributed by atoms with Gasteiger partial charge in [0, 0.05) is 35.1 Å². The second-order valence-corrected chi connectivity index (χ2v) is 8.11. The van der Waals surface area contributed by atoms with Gasteiger partial charge in [0.25, 0.3) is 0 Å². The number of ketones is 1. The summed E-state index contributed by atoms with van der Waals surface area (Å²) in [5, 5.41) is 3.50. The van der Waals surface area contributed by atoms with Crippen LogP contribution in [0.25, 0.3) is 0 Å². The summed E-state index contributed by atoms with van der Waals surface area (Å²) in [7, 11) is 4.67. The van der Waals surface area contributed by atoms with Crippen LogP contribution in [0, 0.1) is 0 Å². The molecule has 31 heavy (non-hydrogen) atoms. The van der Waals surface area contributed by atoms with Crippen molar-refractivity contribution in [3.63, 3.8) is 0 Å². The molecule has 1 heterocycles. The van der Waals surface area contributed by atoms with E-state index in [-0.39, 0.29) is 29.9 Å². The van der Waals surface area contributed by atoms with Gasteiger partial charge in [-0.1, -0.05) is 29.8 Å². The molecule has 0 spiro atoms. The Bertz CT molecular complexity index is 1050. The van der Waals surface area contributed by atoms with Gasteiger partial charge < -0.3 is 19.5 Å². The fourth-order valence-electron chi connectivity index (χ4n) is 4.56. The molecule has 2 atom stereocenters.